The second-order valence-corrected chi connectivity index (χ2v) is 6.92. The van der Waals surface area contributed by atoms with E-state index in [-0.39, 0.29) is 12.4 Å². The molecule has 1 aromatic carbocycles. The van der Waals surface area contributed by atoms with E-state index in [0.717, 1.165) is 32.2 Å². The van der Waals surface area contributed by atoms with Crippen LogP contribution in [0.3, 0.4) is 0 Å². The van der Waals surface area contributed by atoms with E-state index in [1.165, 1.54) is 56.6 Å². The van der Waals surface area contributed by atoms with Crippen molar-refractivity contribution in [2.75, 3.05) is 50.8 Å². The minimum atomic E-state index is 0. The number of aryl methyl sites for hydroxylation is 1. The predicted octanol–water partition coefficient (Wildman–Crippen LogP) is 3.61. The third kappa shape index (κ3) is 5.66. The van der Waals surface area contributed by atoms with E-state index >= 15 is 0 Å². The van der Waals surface area contributed by atoms with Crippen molar-refractivity contribution in [1.29, 1.82) is 0 Å². The molecule has 1 atom stereocenters. The lowest BCUT2D eigenvalue weighted by Crippen LogP contribution is -2.36. The zero-order valence-corrected chi connectivity index (χ0v) is 15.2. The molecule has 2 fully saturated rings. The highest BCUT2D eigenvalue weighted by Gasteiger charge is 2.16. The van der Waals surface area contributed by atoms with Crippen LogP contribution in [0.1, 0.15) is 31.7 Å². The van der Waals surface area contributed by atoms with Gasteiger partial charge in [-0.05, 0) is 55.8 Å². The molecule has 2 saturated heterocycles. The highest BCUT2D eigenvalue weighted by atomic mass is 35.5. The molecule has 1 aromatic rings. The van der Waals surface area contributed by atoms with E-state index in [1.54, 1.807) is 0 Å². The fraction of sp³-hybridized carbons (Fsp3) is 0.684. The monoisotopic (exact) mass is 338 g/mol. The molecule has 2 aliphatic rings. The van der Waals surface area contributed by atoms with Gasteiger partial charge in [0.15, 0.2) is 0 Å². The number of morpholine rings is 1. The van der Waals surface area contributed by atoms with Crippen LogP contribution in [0.15, 0.2) is 24.3 Å². The second kappa shape index (κ2) is 9.51. The Morgan fingerprint density at radius 2 is 1.83 bits per heavy atom. The summed E-state index contributed by atoms with van der Waals surface area (Å²) in [6, 6.07) is 9.30. The minimum Gasteiger partial charge on any atom is -0.379 e. The smallest absolute Gasteiger partial charge is 0.0594 e. The van der Waals surface area contributed by atoms with Crippen LogP contribution in [0.25, 0.3) is 0 Å². The van der Waals surface area contributed by atoms with Crippen molar-refractivity contribution in [1.82, 2.24) is 4.90 Å². The standard InChI is InChI=1S/C19H30N2O.ClH/c1-17-4-2-11-21(16-17)19-8-6-18(7-9-19)5-3-10-20-12-14-22-15-13-20;/h6-9,17H,2-5,10-16H2,1H3;1H. The maximum absolute atomic E-state index is 5.40. The lowest BCUT2D eigenvalue weighted by molar-refractivity contribution is 0.0375. The third-order valence-corrected chi connectivity index (χ3v) is 5.00. The Kier molecular flexibility index (Phi) is 7.68. The van der Waals surface area contributed by atoms with Crippen molar-refractivity contribution in [2.24, 2.45) is 5.92 Å². The van der Waals surface area contributed by atoms with Crippen LogP contribution in [0.4, 0.5) is 5.69 Å². The van der Waals surface area contributed by atoms with Crippen molar-refractivity contribution < 1.29 is 4.74 Å². The number of hydrogen-bond donors (Lipinski definition) is 0. The number of ether oxygens (including phenoxy) is 1. The first-order valence-corrected chi connectivity index (χ1v) is 8.95. The first kappa shape index (κ1) is 18.6. The Balaban J connectivity index is 0.00000192. The van der Waals surface area contributed by atoms with Crippen LogP contribution >= 0.6 is 12.4 Å². The van der Waals surface area contributed by atoms with Crippen LogP contribution in [-0.2, 0) is 11.2 Å². The molecular weight excluding hydrogens is 308 g/mol. The number of rotatable bonds is 5. The topological polar surface area (TPSA) is 15.7 Å². The van der Waals surface area contributed by atoms with E-state index in [1.807, 2.05) is 0 Å². The lowest BCUT2D eigenvalue weighted by atomic mass is 9.99. The van der Waals surface area contributed by atoms with Crippen LogP contribution in [0.5, 0.6) is 0 Å². The van der Waals surface area contributed by atoms with Gasteiger partial charge in [-0.15, -0.1) is 12.4 Å². The van der Waals surface area contributed by atoms with Gasteiger partial charge in [0.05, 0.1) is 13.2 Å². The molecule has 2 heterocycles. The second-order valence-electron chi connectivity index (χ2n) is 6.92. The third-order valence-electron chi connectivity index (χ3n) is 5.00. The van der Waals surface area contributed by atoms with Crippen molar-refractivity contribution in [3.8, 4) is 0 Å². The fourth-order valence-corrected chi connectivity index (χ4v) is 3.63. The van der Waals surface area contributed by atoms with E-state index in [2.05, 4.69) is 41.0 Å². The number of piperidine rings is 1. The van der Waals surface area contributed by atoms with E-state index in [4.69, 9.17) is 4.74 Å². The molecule has 0 aliphatic carbocycles. The highest BCUT2D eigenvalue weighted by molar-refractivity contribution is 5.85. The summed E-state index contributed by atoms with van der Waals surface area (Å²) in [6.07, 6.45) is 5.16. The molecule has 23 heavy (non-hydrogen) atoms. The molecule has 2 aliphatic heterocycles. The maximum Gasteiger partial charge on any atom is 0.0594 e. The van der Waals surface area contributed by atoms with E-state index in [9.17, 15) is 0 Å². The molecule has 3 nitrogen and oxygen atoms in total. The summed E-state index contributed by atoms with van der Waals surface area (Å²) < 4.78 is 5.40. The minimum absolute atomic E-state index is 0. The molecule has 0 N–H and O–H groups in total. The summed E-state index contributed by atoms with van der Waals surface area (Å²) in [5, 5.41) is 0. The van der Waals surface area contributed by atoms with Gasteiger partial charge in [0.1, 0.15) is 0 Å². The molecular formula is C19H31ClN2O. The van der Waals surface area contributed by atoms with Crippen molar-refractivity contribution in [3.63, 3.8) is 0 Å². The summed E-state index contributed by atoms with van der Waals surface area (Å²) in [5.41, 5.74) is 2.88. The van der Waals surface area contributed by atoms with Gasteiger partial charge in [-0.1, -0.05) is 19.1 Å². The van der Waals surface area contributed by atoms with Gasteiger partial charge in [0.25, 0.3) is 0 Å². The average molecular weight is 339 g/mol. The Labute approximate surface area is 147 Å². The molecule has 4 heteroatoms. The Morgan fingerprint density at radius 1 is 1.09 bits per heavy atom. The summed E-state index contributed by atoms with van der Waals surface area (Å²) in [5.74, 6) is 0.835. The summed E-state index contributed by atoms with van der Waals surface area (Å²) >= 11 is 0. The van der Waals surface area contributed by atoms with Gasteiger partial charge in [-0.2, -0.15) is 0 Å². The van der Waals surface area contributed by atoms with E-state index in [0.29, 0.717) is 0 Å². The van der Waals surface area contributed by atoms with Gasteiger partial charge < -0.3 is 9.64 Å². The lowest BCUT2D eigenvalue weighted by Gasteiger charge is -2.32. The number of benzene rings is 1. The molecule has 130 valence electrons. The molecule has 0 spiro atoms. The highest BCUT2D eigenvalue weighted by Crippen LogP contribution is 2.23. The molecule has 1 unspecified atom stereocenters. The maximum atomic E-state index is 5.40. The van der Waals surface area contributed by atoms with Gasteiger partial charge in [-0.3, -0.25) is 4.90 Å². The largest absolute Gasteiger partial charge is 0.379 e. The van der Waals surface area contributed by atoms with Gasteiger partial charge >= 0.3 is 0 Å². The van der Waals surface area contributed by atoms with Crippen LogP contribution in [-0.4, -0.2) is 50.8 Å². The quantitative estimate of drug-likeness (QED) is 0.815. The average Bonchev–Trinajstić information content (AvgIpc) is 2.56. The number of anilines is 1. The van der Waals surface area contributed by atoms with Gasteiger partial charge in [0, 0.05) is 31.9 Å². The van der Waals surface area contributed by atoms with Gasteiger partial charge in [0.2, 0.25) is 0 Å². The molecule has 0 amide bonds. The predicted molar refractivity (Wildman–Crippen MR) is 99.9 cm³/mol. The van der Waals surface area contributed by atoms with Crippen molar-refractivity contribution >= 4 is 18.1 Å². The first-order valence-electron chi connectivity index (χ1n) is 8.95. The first-order chi connectivity index (χ1) is 10.8. The van der Waals surface area contributed by atoms with Crippen LogP contribution in [0.2, 0.25) is 0 Å². The van der Waals surface area contributed by atoms with E-state index < -0.39 is 0 Å². The van der Waals surface area contributed by atoms with Gasteiger partial charge in [-0.25, -0.2) is 0 Å². The Morgan fingerprint density at radius 3 is 2.52 bits per heavy atom. The zero-order valence-electron chi connectivity index (χ0n) is 14.4. The summed E-state index contributed by atoms with van der Waals surface area (Å²) in [6.45, 7) is 10.0. The number of hydrogen-bond acceptors (Lipinski definition) is 3. The van der Waals surface area contributed by atoms with Crippen LogP contribution < -0.4 is 4.90 Å². The van der Waals surface area contributed by atoms with Crippen molar-refractivity contribution in [2.45, 2.75) is 32.6 Å². The number of halogens is 1. The summed E-state index contributed by atoms with van der Waals surface area (Å²) in [7, 11) is 0. The normalized spacial score (nSPS) is 22.7. The Hall–Kier alpha value is -0.770. The number of nitrogens with zero attached hydrogens (tertiary/aromatic N) is 2. The fourth-order valence-electron chi connectivity index (χ4n) is 3.63. The molecule has 3 rings (SSSR count). The SMILES string of the molecule is CC1CCCN(c2ccc(CCCN3CCOCC3)cc2)C1.Cl. The summed E-state index contributed by atoms with van der Waals surface area (Å²) in [4.78, 5) is 5.07. The molecule has 0 radical (unpaired) electrons. The molecule has 0 saturated carbocycles. The van der Waals surface area contributed by atoms with Crippen LogP contribution in [0, 0.1) is 5.92 Å². The zero-order chi connectivity index (χ0) is 15.2. The Bertz CT molecular complexity index is 445. The molecule has 0 bridgehead atoms. The van der Waals surface area contributed by atoms with Crippen molar-refractivity contribution in [3.05, 3.63) is 29.8 Å². The molecule has 0 aromatic heterocycles.